The number of hydrazone groups is 1. The zero-order valence-electron chi connectivity index (χ0n) is 15.4. The van der Waals surface area contributed by atoms with Gasteiger partial charge in [-0.3, -0.25) is 9.59 Å². The Morgan fingerprint density at radius 2 is 1.62 bits per heavy atom. The highest BCUT2D eigenvalue weighted by Gasteiger charge is 2.11. The molecule has 0 spiro atoms. The highest BCUT2D eigenvalue weighted by molar-refractivity contribution is 9.10. The van der Waals surface area contributed by atoms with Crippen LogP contribution in [0.2, 0.25) is 0 Å². The summed E-state index contributed by atoms with van der Waals surface area (Å²) in [6, 6.07) is 19.7. The molecule has 0 saturated heterocycles. The third-order valence-electron chi connectivity index (χ3n) is 4.07. The molecule has 0 radical (unpaired) electrons. The lowest BCUT2D eigenvalue weighted by Crippen LogP contribution is -2.19. The summed E-state index contributed by atoms with van der Waals surface area (Å²) >= 11 is 3.32. The molecule has 146 valence electrons. The first-order valence-electron chi connectivity index (χ1n) is 8.70. The van der Waals surface area contributed by atoms with Gasteiger partial charge in [-0.15, -0.1) is 0 Å². The van der Waals surface area contributed by atoms with Gasteiger partial charge >= 0.3 is 0 Å². The Bertz CT molecular complexity index is 1100. The van der Waals surface area contributed by atoms with Crippen molar-refractivity contribution in [3.05, 3.63) is 99.8 Å². The van der Waals surface area contributed by atoms with E-state index in [1.54, 1.807) is 55.5 Å². The zero-order valence-corrected chi connectivity index (χ0v) is 17.0. The molecule has 3 aromatic carbocycles. The first-order chi connectivity index (χ1) is 13.9. The van der Waals surface area contributed by atoms with Gasteiger partial charge in [0.25, 0.3) is 11.8 Å². The number of hydrogen-bond acceptors (Lipinski definition) is 3. The van der Waals surface area contributed by atoms with Crippen molar-refractivity contribution in [1.29, 1.82) is 0 Å². The van der Waals surface area contributed by atoms with E-state index in [9.17, 15) is 14.0 Å². The Kier molecular flexibility index (Phi) is 6.51. The molecular formula is C22H17BrFN3O2. The van der Waals surface area contributed by atoms with Crippen LogP contribution in [0.15, 0.2) is 82.4 Å². The minimum absolute atomic E-state index is 0.0374. The first kappa shape index (κ1) is 20.4. The number of carbonyl (C=O) groups is 2. The summed E-state index contributed by atoms with van der Waals surface area (Å²) in [5.41, 5.74) is 4.69. The number of anilines is 1. The van der Waals surface area contributed by atoms with Gasteiger partial charge in [0, 0.05) is 15.7 Å². The van der Waals surface area contributed by atoms with E-state index in [4.69, 9.17) is 0 Å². The molecular weight excluding hydrogens is 437 g/mol. The Morgan fingerprint density at radius 3 is 2.38 bits per heavy atom. The van der Waals surface area contributed by atoms with Gasteiger partial charge in [-0.25, -0.2) is 9.82 Å². The zero-order chi connectivity index (χ0) is 20.8. The summed E-state index contributed by atoms with van der Waals surface area (Å²) in [6.07, 6.45) is 0. The number of carbonyl (C=O) groups excluding carboxylic acids is 2. The molecule has 3 rings (SSSR count). The third kappa shape index (κ3) is 5.36. The number of amides is 2. The number of nitrogens with one attached hydrogen (secondary N) is 2. The Morgan fingerprint density at radius 1 is 0.897 bits per heavy atom. The topological polar surface area (TPSA) is 70.6 Å². The lowest BCUT2D eigenvalue weighted by molar-refractivity contribution is 0.0953. The maximum atomic E-state index is 13.8. The van der Waals surface area contributed by atoms with Crippen LogP contribution in [0, 0.1) is 5.82 Å². The van der Waals surface area contributed by atoms with Crippen LogP contribution in [-0.2, 0) is 0 Å². The molecule has 0 aliphatic heterocycles. The van der Waals surface area contributed by atoms with E-state index in [0.717, 1.165) is 4.47 Å². The molecule has 0 heterocycles. The van der Waals surface area contributed by atoms with E-state index in [0.29, 0.717) is 22.5 Å². The third-order valence-corrected chi connectivity index (χ3v) is 4.56. The van der Waals surface area contributed by atoms with Crippen molar-refractivity contribution < 1.29 is 14.0 Å². The van der Waals surface area contributed by atoms with Crippen molar-refractivity contribution in [2.45, 2.75) is 6.92 Å². The van der Waals surface area contributed by atoms with Gasteiger partial charge < -0.3 is 5.32 Å². The predicted molar refractivity (Wildman–Crippen MR) is 115 cm³/mol. The van der Waals surface area contributed by atoms with E-state index in [2.05, 4.69) is 31.8 Å². The van der Waals surface area contributed by atoms with E-state index in [1.807, 2.05) is 6.07 Å². The van der Waals surface area contributed by atoms with Crippen LogP contribution in [0.1, 0.15) is 33.2 Å². The molecule has 0 unspecified atom stereocenters. The molecule has 2 N–H and O–H groups in total. The van der Waals surface area contributed by atoms with Crippen molar-refractivity contribution in [3.8, 4) is 0 Å². The normalized spacial score (nSPS) is 11.1. The average Bonchev–Trinajstić information content (AvgIpc) is 2.72. The number of halogens is 2. The summed E-state index contributed by atoms with van der Waals surface area (Å²) in [5.74, 6) is -1.47. The van der Waals surface area contributed by atoms with E-state index in [-0.39, 0.29) is 11.5 Å². The molecule has 2 amide bonds. The van der Waals surface area contributed by atoms with E-state index in [1.165, 1.54) is 18.2 Å². The quantitative estimate of drug-likeness (QED) is 0.421. The number of rotatable bonds is 5. The minimum atomic E-state index is -0.589. The fourth-order valence-electron chi connectivity index (χ4n) is 2.56. The monoisotopic (exact) mass is 453 g/mol. The number of nitrogens with zero attached hydrogens (tertiary/aromatic N) is 1. The summed E-state index contributed by atoms with van der Waals surface area (Å²) in [5, 5.41) is 6.79. The van der Waals surface area contributed by atoms with Gasteiger partial charge in [0.15, 0.2) is 0 Å². The standard InChI is InChI=1S/C22H17BrFN3O2/c1-14(26-27-21(28)16-7-4-8-17(23)12-16)15-6-5-9-18(13-15)25-22(29)19-10-2-3-11-20(19)24/h2-13H,1H3,(H,25,29)(H,27,28). The van der Waals surface area contributed by atoms with Crippen LogP contribution in [0.3, 0.4) is 0 Å². The van der Waals surface area contributed by atoms with Crippen molar-refractivity contribution in [3.63, 3.8) is 0 Å². The lowest BCUT2D eigenvalue weighted by Gasteiger charge is -2.08. The second-order valence-corrected chi connectivity index (χ2v) is 7.08. The Labute approximate surface area is 175 Å². The Balaban J connectivity index is 1.71. The van der Waals surface area contributed by atoms with Crippen molar-refractivity contribution in [2.24, 2.45) is 5.10 Å². The largest absolute Gasteiger partial charge is 0.322 e. The molecule has 29 heavy (non-hydrogen) atoms. The smallest absolute Gasteiger partial charge is 0.271 e. The predicted octanol–water partition coefficient (Wildman–Crippen LogP) is 4.99. The van der Waals surface area contributed by atoms with E-state index < -0.39 is 11.7 Å². The lowest BCUT2D eigenvalue weighted by atomic mass is 10.1. The molecule has 0 aromatic heterocycles. The summed E-state index contributed by atoms with van der Waals surface area (Å²) in [6.45, 7) is 1.74. The van der Waals surface area contributed by atoms with Gasteiger partial charge in [0.05, 0.1) is 11.3 Å². The molecule has 3 aromatic rings. The van der Waals surface area contributed by atoms with Crippen molar-refractivity contribution >= 4 is 39.1 Å². The summed E-state index contributed by atoms with van der Waals surface area (Å²) in [4.78, 5) is 24.5. The summed E-state index contributed by atoms with van der Waals surface area (Å²) in [7, 11) is 0. The van der Waals surface area contributed by atoms with Gasteiger partial charge in [-0.1, -0.05) is 46.3 Å². The molecule has 0 atom stereocenters. The van der Waals surface area contributed by atoms with E-state index >= 15 is 0 Å². The maximum Gasteiger partial charge on any atom is 0.271 e. The van der Waals surface area contributed by atoms with Crippen molar-refractivity contribution in [2.75, 3.05) is 5.32 Å². The highest BCUT2D eigenvalue weighted by atomic mass is 79.9. The van der Waals surface area contributed by atoms with Crippen LogP contribution in [0.25, 0.3) is 0 Å². The Hall–Kier alpha value is -3.32. The fourth-order valence-corrected chi connectivity index (χ4v) is 2.96. The minimum Gasteiger partial charge on any atom is -0.322 e. The first-order valence-corrected chi connectivity index (χ1v) is 9.50. The molecule has 5 nitrogen and oxygen atoms in total. The second-order valence-electron chi connectivity index (χ2n) is 6.16. The number of hydrogen-bond donors (Lipinski definition) is 2. The van der Waals surface area contributed by atoms with Gasteiger partial charge in [-0.2, -0.15) is 5.10 Å². The van der Waals surface area contributed by atoms with Crippen LogP contribution in [0.5, 0.6) is 0 Å². The molecule has 0 saturated carbocycles. The van der Waals surface area contributed by atoms with Gasteiger partial charge in [0.1, 0.15) is 5.82 Å². The maximum absolute atomic E-state index is 13.8. The van der Waals surface area contributed by atoms with Crippen molar-refractivity contribution in [1.82, 2.24) is 5.43 Å². The van der Waals surface area contributed by atoms with Crippen LogP contribution in [-0.4, -0.2) is 17.5 Å². The molecule has 0 aliphatic carbocycles. The van der Waals surface area contributed by atoms with Gasteiger partial charge in [-0.05, 0) is 55.0 Å². The van der Waals surface area contributed by atoms with Crippen LogP contribution < -0.4 is 10.7 Å². The average molecular weight is 454 g/mol. The molecule has 0 bridgehead atoms. The van der Waals surface area contributed by atoms with Gasteiger partial charge in [0.2, 0.25) is 0 Å². The molecule has 0 fully saturated rings. The van der Waals surface area contributed by atoms with Crippen LogP contribution >= 0.6 is 15.9 Å². The number of benzene rings is 3. The summed E-state index contributed by atoms with van der Waals surface area (Å²) < 4.78 is 14.6. The second kappa shape index (κ2) is 9.25. The molecule has 7 heteroatoms. The highest BCUT2D eigenvalue weighted by Crippen LogP contribution is 2.15. The van der Waals surface area contributed by atoms with Crippen LogP contribution in [0.4, 0.5) is 10.1 Å². The molecule has 0 aliphatic rings. The fraction of sp³-hybridized carbons (Fsp3) is 0.0455. The SMILES string of the molecule is CC(=NNC(=O)c1cccc(Br)c1)c1cccc(NC(=O)c2ccccc2F)c1.